The van der Waals surface area contributed by atoms with E-state index >= 15 is 0 Å². The highest BCUT2D eigenvalue weighted by atomic mass is 35.5. The number of benzene rings is 1. The summed E-state index contributed by atoms with van der Waals surface area (Å²) in [5.41, 5.74) is -0.878. The zero-order valence-corrected chi connectivity index (χ0v) is 13.5. The monoisotopic (exact) mass is 364 g/mol. The van der Waals surface area contributed by atoms with Crippen molar-refractivity contribution in [3.8, 4) is 0 Å². The third-order valence-electron chi connectivity index (χ3n) is 3.95. The maximum atomic E-state index is 14.3. The van der Waals surface area contributed by atoms with Crippen LogP contribution in [0.2, 0.25) is 0 Å². The standard InChI is InChI=1S/C16H16F4N2O.ClH/c17-13-4-3-11(16(18,19)20)10-12(13)15(14-2-1-9-23-14)22-7-5-21-6-8-22;/h1-4,9-10,15,21H,5-8H2;1H/t15-;/m1./s1. The van der Waals surface area contributed by atoms with Crippen LogP contribution in [0.25, 0.3) is 0 Å². The Morgan fingerprint density at radius 3 is 2.42 bits per heavy atom. The van der Waals surface area contributed by atoms with Crippen molar-refractivity contribution in [1.29, 1.82) is 0 Å². The van der Waals surface area contributed by atoms with Gasteiger partial charge in [-0.05, 0) is 30.3 Å². The number of furan rings is 1. The summed E-state index contributed by atoms with van der Waals surface area (Å²) in [4.78, 5) is 1.92. The van der Waals surface area contributed by atoms with Crippen LogP contribution in [0, 0.1) is 5.82 Å². The maximum absolute atomic E-state index is 14.3. The first-order valence-corrected chi connectivity index (χ1v) is 7.31. The van der Waals surface area contributed by atoms with E-state index in [1.165, 1.54) is 6.26 Å². The number of hydrogen-bond donors (Lipinski definition) is 1. The molecule has 1 aliphatic rings. The molecule has 1 N–H and O–H groups in total. The highest BCUT2D eigenvalue weighted by molar-refractivity contribution is 5.85. The van der Waals surface area contributed by atoms with E-state index in [-0.39, 0.29) is 18.0 Å². The van der Waals surface area contributed by atoms with Crippen molar-refractivity contribution < 1.29 is 22.0 Å². The van der Waals surface area contributed by atoms with Gasteiger partial charge in [-0.15, -0.1) is 12.4 Å². The Morgan fingerprint density at radius 2 is 1.83 bits per heavy atom. The fourth-order valence-electron chi connectivity index (χ4n) is 2.85. The smallest absolute Gasteiger partial charge is 0.416 e. The molecule has 132 valence electrons. The van der Waals surface area contributed by atoms with E-state index in [4.69, 9.17) is 4.42 Å². The number of nitrogens with one attached hydrogen (secondary N) is 1. The molecule has 3 rings (SSSR count). The van der Waals surface area contributed by atoms with Crippen molar-refractivity contribution in [3.05, 3.63) is 59.3 Å². The van der Waals surface area contributed by atoms with Crippen molar-refractivity contribution in [3.63, 3.8) is 0 Å². The van der Waals surface area contributed by atoms with Gasteiger partial charge in [0.05, 0.1) is 17.9 Å². The number of hydrogen-bond acceptors (Lipinski definition) is 3. The third kappa shape index (κ3) is 3.91. The first-order chi connectivity index (χ1) is 11.0. The first-order valence-electron chi connectivity index (χ1n) is 7.31. The van der Waals surface area contributed by atoms with Crippen LogP contribution in [0.3, 0.4) is 0 Å². The lowest BCUT2D eigenvalue weighted by Gasteiger charge is -2.34. The van der Waals surface area contributed by atoms with E-state index < -0.39 is 23.6 Å². The molecule has 1 fully saturated rings. The second kappa shape index (κ2) is 7.55. The Hall–Kier alpha value is -1.57. The van der Waals surface area contributed by atoms with Gasteiger partial charge < -0.3 is 9.73 Å². The molecule has 1 aromatic carbocycles. The molecule has 8 heteroatoms. The van der Waals surface area contributed by atoms with Gasteiger partial charge in [0.15, 0.2) is 0 Å². The van der Waals surface area contributed by atoms with E-state index in [1.54, 1.807) is 12.1 Å². The quantitative estimate of drug-likeness (QED) is 0.838. The van der Waals surface area contributed by atoms with E-state index in [2.05, 4.69) is 5.32 Å². The van der Waals surface area contributed by atoms with Crippen LogP contribution in [-0.2, 0) is 6.18 Å². The minimum Gasteiger partial charge on any atom is -0.467 e. The molecule has 1 atom stereocenters. The maximum Gasteiger partial charge on any atom is 0.416 e. The number of nitrogens with zero attached hydrogens (tertiary/aromatic N) is 1. The zero-order valence-electron chi connectivity index (χ0n) is 12.6. The predicted octanol–water partition coefficient (Wildman–Crippen LogP) is 3.85. The average molecular weight is 365 g/mol. The summed E-state index contributed by atoms with van der Waals surface area (Å²) in [5.74, 6) is -0.233. The second-order valence-electron chi connectivity index (χ2n) is 5.44. The molecule has 1 aliphatic heterocycles. The molecule has 0 spiro atoms. The summed E-state index contributed by atoms with van der Waals surface area (Å²) in [5, 5.41) is 3.17. The molecule has 2 heterocycles. The van der Waals surface area contributed by atoms with E-state index in [0.717, 1.165) is 18.2 Å². The number of halogens is 5. The average Bonchev–Trinajstić information content (AvgIpc) is 3.03. The van der Waals surface area contributed by atoms with E-state index in [9.17, 15) is 17.6 Å². The summed E-state index contributed by atoms with van der Waals surface area (Å²) in [6.07, 6.45) is -3.07. The molecule has 0 radical (unpaired) electrons. The molecule has 0 saturated carbocycles. The van der Waals surface area contributed by atoms with Crippen molar-refractivity contribution in [2.24, 2.45) is 0 Å². The molecular formula is C16H17ClF4N2O. The second-order valence-corrected chi connectivity index (χ2v) is 5.44. The van der Waals surface area contributed by atoms with Gasteiger partial charge in [-0.3, -0.25) is 4.90 Å². The minimum atomic E-state index is -4.51. The van der Waals surface area contributed by atoms with Gasteiger partial charge in [-0.25, -0.2) is 4.39 Å². The van der Waals surface area contributed by atoms with Crippen molar-refractivity contribution in [2.75, 3.05) is 26.2 Å². The van der Waals surface area contributed by atoms with Crippen LogP contribution in [0.15, 0.2) is 41.0 Å². The lowest BCUT2D eigenvalue weighted by molar-refractivity contribution is -0.137. The molecule has 24 heavy (non-hydrogen) atoms. The predicted molar refractivity (Wildman–Crippen MR) is 83.6 cm³/mol. The van der Waals surface area contributed by atoms with Gasteiger partial charge in [0, 0.05) is 31.7 Å². The van der Waals surface area contributed by atoms with E-state index in [0.29, 0.717) is 31.9 Å². The lowest BCUT2D eigenvalue weighted by atomic mass is 9.98. The van der Waals surface area contributed by atoms with Crippen LogP contribution in [-0.4, -0.2) is 31.1 Å². The Balaban J connectivity index is 0.00000208. The highest BCUT2D eigenvalue weighted by Crippen LogP contribution is 2.36. The zero-order chi connectivity index (χ0) is 16.4. The van der Waals surface area contributed by atoms with E-state index in [1.807, 2.05) is 4.90 Å². The van der Waals surface area contributed by atoms with Gasteiger partial charge in [0.1, 0.15) is 11.6 Å². The summed E-state index contributed by atoms with van der Waals surface area (Å²) < 4.78 is 58.6. The molecule has 0 aliphatic carbocycles. The summed E-state index contributed by atoms with van der Waals surface area (Å²) >= 11 is 0. The Labute approximate surface area is 143 Å². The highest BCUT2D eigenvalue weighted by Gasteiger charge is 2.34. The molecule has 0 bridgehead atoms. The number of rotatable bonds is 3. The summed E-state index contributed by atoms with van der Waals surface area (Å²) in [6.45, 7) is 2.58. The molecule has 2 aromatic rings. The molecule has 0 amide bonds. The number of piperazine rings is 1. The van der Waals surface area contributed by atoms with Crippen molar-refractivity contribution >= 4 is 12.4 Å². The Morgan fingerprint density at radius 1 is 1.12 bits per heavy atom. The molecule has 0 unspecified atom stereocenters. The third-order valence-corrected chi connectivity index (χ3v) is 3.95. The van der Waals surface area contributed by atoms with Gasteiger partial charge in [0.2, 0.25) is 0 Å². The minimum absolute atomic E-state index is 0. The van der Waals surface area contributed by atoms with Crippen LogP contribution < -0.4 is 5.32 Å². The number of alkyl halides is 3. The van der Waals surface area contributed by atoms with Crippen LogP contribution in [0.4, 0.5) is 17.6 Å². The molecule has 1 aromatic heterocycles. The van der Waals surface area contributed by atoms with Gasteiger partial charge in [-0.1, -0.05) is 0 Å². The normalized spacial score (nSPS) is 17.3. The summed E-state index contributed by atoms with van der Waals surface area (Å²) in [6, 6.07) is 5.15. The van der Waals surface area contributed by atoms with Gasteiger partial charge in [0.25, 0.3) is 0 Å². The SMILES string of the molecule is Cl.Fc1ccc(C(F)(F)F)cc1[C@H](c1ccco1)N1CCNCC1. The first kappa shape index (κ1) is 18.8. The van der Waals surface area contributed by atoms with Crippen LogP contribution >= 0.6 is 12.4 Å². The molecule has 3 nitrogen and oxygen atoms in total. The van der Waals surface area contributed by atoms with Gasteiger partial charge in [-0.2, -0.15) is 13.2 Å². The Bertz CT molecular complexity index is 655. The molecule has 1 saturated heterocycles. The summed E-state index contributed by atoms with van der Waals surface area (Å²) in [7, 11) is 0. The van der Waals surface area contributed by atoms with Gasteiger partial charge >= 0.3 is 6.18 Å². The largest absolute Gasteiger partial charge is 0.467 e. The molecular weight excluding hydrogens is 348 g/mol. The van der Waals surface area contributed by atoms with Crippen LogP contribution in [0.5, 0.6) is 0 Å². The van der Waals surface area contributed by atoms with Crippen LogP contribution in [0.1, 0.15) is 22.9 Å². The fourth-order valence-corrected chi connectivity index (χ4v) is 2.85. The Kier molecular flexibility index (Phi) is 5.90. The van der Waals surface area contributed by atoms with Crippen molar-refractivity contribution in [2.45, 2.75) is 12.2 Å². The van der Waals surface area contributed by atoms with Crippen molar-refractivity contribution in [1.82, 2.24) is 10.2 Å². The topological polar surface area (TPSA) is 28.4 Å². The lowest BCUT2D eigenvalue weighted by Crippen LogP contribution is -2.45. The fraction of sp³-hybridized carbons (Fsp3) is 0.375.